The molecule has 0 N–H and O–H groups in total. The van der Waals surface area contributed by atoms with Crippen LogP contribution in [0.15, 0.2) is 46.7 Å². The van der Waals surface area contributed by atoms with Gasteiger partial charge in [0.25, 0.3) is 0 Å². The van der Waals surface area contributed by atoms with Crippen LogP contribution in [0.3, 0.4) is 0 Å². The molecule has 0 atom stereocenters. The van der Waals surface area contributed by atoms with E-state index in [9.17, 15) is 0 Å². The maximum absolute atomic E-state index is 2.16. The Morgan fingerprint density at radius 1 is 1.27 bits per heavy atom. The summed E-state index contributed by atoms with van der Waals surface area (Å²) >= 11 is 1.76. The Balaban J connectivity index is 2.45. The molecule has 0 aliphatic carbocycles. The van der Waals surface area contributed by atoms with Crippen LogP contribution in [0.2, 0.25) is 0 Å². The second kappa shape index (κ2) is 5.03. The highest BCUT2D eigenvalue weighted by molar-refractivity contribution is 8.02. The maximum atomic E-state index is 2.16. The first kappa shape index (κ1) is 8.41. The zero-order valence-corrected chi connectivity index (χ0v) is 7.47. The van der Waals surface area contributed by atoms with E-state index in [4.69, 9.17) is 0 Å². The fraction of sp³-hybridized carbons (Fsp3) is 0.200. The largest absolute Gasteiger partial charge is 0.0984 e. The highest BCUT2D eigenvalue weighted by Crippen LogP contribution is 2.17. The standard InChI is InChI=1S/C10H12S/c1-2-3-9-11-10-7-5-4-6-8-10/h3-9H,2H2,1H3/b9-3+. The Kier molecular flexibility index (Phi) is 3.84. The van der Waals surface area contributed by atoms with Gasteiger partial charge in [-0.2, -0.15) is 0 Å². The molecule has 0 unspecified atom stereocenters. The fourth-order valence-electron chi connectivity index (χ4n) is 0.722. The van der Waals surface area contributed by atoms with Gasteiger partial charge in [-0.15, -0.1) is 0 Å². The molecule has 0 fully saturated rings. The van der Waals surface area contributed by atoms with Crippen LogP contribution in [0.25, 0.3) is 0 Å². The van der Waals surface area contributed by atoms with Crippen molar-refractivity contribution < 1.29 is 0 Å². The normalized spacial score (nSPS) is 10.6. The van der Waals surface area contributed by atoms with Crippen molar-refractivity contribution in [3.63, 3.8) is 0 Å². The van der Waals surface area contributed by atoms with Crippen LogP contribution in [0, 0.1) is 0 Å². The van der Waals surface area contributed by atoms with Crippen molar-refractivity contribution in [3.05, 3.63) is 41.8 Å². The summed E-state index contributed by atoms with van der Waals surface area (Å²) in [4.78, 5) is 1.30. The SMILES string of the molecule is CC/C=C/Sc1ccccc1. The minimum atomic E-state index is 1.11. The minimum absolute atomic E-state index is 1.11. The average molecular weight is 164 g/mol. The zero-order valence-electron chi connectivity index (χ0n) is 6.66. The number of allylic oxidation sites excluding steroid dienone is 1. The van der Waals surface area contributed by atoms with Gasteiger partial charge in [0.2, 0.25) is 0 Å². The van der Waals surface area contributed by atoms with Crippen LogP contribution in [0.5, 0.6) is 0 Å². The van der Waals surface area contributed by atoms with Crippen molar-refractivity contribution >= 4 is 11.8 Å². The quantitative estimate of drug-likeness (QED) is 0.614. The third-order valence-corrected chi connectivity index (χ3v) is 2.15. The molecular weight excluding hydrogens is 152 g/mol. The molecule has 1 aromatic rings. The smallest absolute Gasteiger partial charge is 0.0116 e. The van der Waals surface area contributed by atoms with Crippen LogP contribution >= 0.6 is 11.8 Å². The Hall–Kier alpha value is -0.690. The molecule has 0 amide bonds. The summed E-state index contributed by atoms with van der Waals surface area (Å²) in [7, 11) is 0. The topological polar surface area (TPSA) is 0 Å². The Morgan fingerprint density at radius 3 is 2.64 bits per heavy atom. The Labute approximate surface area is 72.3 Å². The van der Waals surface area contributed by atoms with Crippen molar-refractivity contribution in [2.75, 3.05) is 0 Å². The van der Waals surface area contributed by atoms with Gasteiger partial charge in [0.1, 0.15) is 0 Å². The van der Waals surface area contributed by atoms with Crippen molar-refractivity contribution in [1.82, 2.24) is 0 Å². The summed E-state index contributed by atoms with van der Waals surface area (Å²) in [5.41, 5.74) is 0. The number of benzene rings is 1. The summed E-state index contributed by atoms with van der Waals surface area (Å²) in [5.74, 6) is 0. The molecule has 11 heavy (non-hydrogen) atoms. The molecule has 0 saturated carbocycles. The number of hydrogen-bond donors (Lipinski definition) is 0. The molecule has 58 valence electrons. The van der Waals surface area contributed by atoms with E-state index in [0.717, 1.165) is 6.42 Å². The third kappa shape index (κ3) is 3.28. The van der Waals surface area contributed by atoms with Gasteiger partial charge in [-0.25, -0.2) is 0 Å². The first-order valence-corrected chi connectivity index (χ1v) is 4.68. The van der Waals surface area contributed by atoms with Gasteiger partial charge in [0.05, 0.1) is 0 Å². The summed E-state index contributed by atoms with van der Waals surface area (Å²) < 4.78 is 0. The van der Waals surface area contributed by atoms with E-state index in [1.165, 1.54) is 4.90 Å². The van der Waals surface area contributed by atoms with E-state index in [-0.39, 0.29) is 0 Å². The van der Waals surface area contributed by atoms with Crippen molar-refractivity contribution in [2.24, 2.45) is 0 Å². The van der Waals surface area contributed by atoms with Crippen LogP contribution in [-0.4, -0.2) is 0 Å². The molecule has 0 nitrogen and oxygen atoms in total. The van der Waals surface area contributed by atoms with Crippen molar-refractivity contribution in [3.8, 4) is 0 Å². The second-order valence-corrected chi connectivity index (χ2v) is 3.19. The molecule has 0 bridgehead atoms. The molecule has 1 rings (SSSR count). The predicted octanol–water partition coefficient (Wildman–Crippen LogP) is 3.70. The number of hydrogen-bond acceptors (Lipinski definition) is 1. The molecule has 1 heteroatoms. The van der Waals surface area contributed by atoms with Crippen LogP contribution < -0.4 is 0 Å². The lowest BCUT2D eigenvalue weighted by atomic mass is 10.4. The molecular formula is C10H12S. The molecule has 0 aliphatic heterocycles. The van der Waals surface area contributed by atoms with Gasteiger partial charge in [-0.05, 0) is 24.0 Å². The molecule has 0 spiro atoms. The lowest BCUT2D eigenvalue weighted by molar-refractivity contribution is 1.23. The van der Waals surface area contributed by atoms with Gasteiger partial charge >= 0.3 is 0 Å². The van der Waals surface area contributed by atoms with Crippen LogP contribution in [-0.2, 0) is 0 Å². The molecule has 0 saturated heterocycles. The monoisotopic (exact) mass is 164 g/mol. The van der Waals surface area contributed by atoms with Crippen LogP contribution in [0.1, 0.15) is 13.3 Å². The first-order valence-electron chi connectivity index (χ1n) is 3.80. The summed E-state index contributed by atoms with van der Waals surface area (Å²) in [5, 5.41) is 2.13. The molecule has 0 aliphatic rings. The number of rotatable bonds is 3. The van der Waals surface area contributed by atoms with Gasteiger partial charge in [0.15, 0.2) is 0 Å². The first-order chi connectivity index (χ1) is 5.43. The summed E-state index contributed by atoms with van der Waals surface area (Å²) in [6.07, 6.45) is 3.28. The lowest BCUT2D eigenvalue weighted by Gasteiger charge is -1.92. The van der Waals surface area contributed by atoms with E-state index in [0.29, 0.717) is 0 Å². The lowest BCUT2D eigenvalue weighted by Crippen LogP contribution is -1.63. The van der Waals surface area contributed by atoms with E-state index in [1.54, 1.807) is 11.8 Å². The summed E-state index contributed by atoms with van der Waals surface area (Å²) in [6, 6.07) is 10.4. The van der Waals surface area contributed by atoms with Crippen LogP contribution in [0.4, 0.5) is 0 Å². The zero-order chi connectivity index (χ0) is 7.94. The Morgan fingerprint density at radius 2 is 2.00 bits per heavy atom. The minimum Gasteiger partial charge on any atom is -0.0984 e. The van der Waals surface area contributed by atoms with E-state index in [2.05, 4.69) is 42.7 Å². The predicted molar refractivity (Wildman–Crippen MR) is 51.7 cm³/mol. The van der Waals surface area contributed by atoms with Gasteiger partial charge in [-0.1, -0.05) is 43.0 Å². The molecule has 0 heterocycles. The van der Waals surface area contributed by atoms with Crippen molar-refractivity contribution in [2.45, 2.75) is 18.2 Å². The van der Waals surface area contributed by atoms with Gasteiger partial charge in [-0.3, -0.25) is 0 Å². The fourth-order valence-corrected chi connectivity index (χ4v) is 1.48. The third-order valence-electron chi connectivity index (χ3n) is 1.28. The highest BCUT2D eigenvalue weighted by Gasteiger charge is 1.84. The maximum Gasteiger partial charge on any atom is 0.0116 e. The molecule has 1 aromatic carbocycles. The van der Waals surface area contributed by atoms with E-state index < -0.39 is 0 Å². The molecule has 0 aromatic heterocycles. The van der Waals surface area contributed by atoms with Crippen molar-refractivity contribution in [1.29, 1.82) is 0 Å². The average Bonchev–Trinajstić information content (AvgIpc) is 2.07. The Bertz CT molecular complexity index is 214. The van der Waals surface area contributed by atoms with E-state index >= 15 is 0 Å². The van der Waals surface area contributed by atoms with Gasteiger partial charge in [0, 0.05) is 4.90 Å². The highest BCUT2D eigenvalue weighted by atomic mass is 32.2. The molecule has 0 radical (unpaired) electrons. The van der Waals surface area contributed by atoms with Gasteiger partial charge < -0.3 is 0 Å². The second-order valence-electron chi connectivity index (χ2n) is 2.21. The number of thioether (sulfide) groups is 1. The summed E-state index contributed by atoms with van der Waals surface area (Å²) in [6.45, 7) is 2.14. The van der Waals surface area contributed by atoms with E-state index in [1.807, 2.05) is 6.07 Å².